The van der Waals surface area contributed by atoms with Crippen LogP contribution < -0.4 is 5.73 Å². The Morgan fingerprint density at radius 3 is 2.75 bits per heavy atom. The first-order valence-corrected chi connectivity index (χ1v) is 5.33. The van der Waals surface area contributed by atoms with E-state index in [1.807, 2.05) is 25.1 Å². The number of primary amides is 1. The van der Waals surface area contributed by atoms with Crippen molar-refractivity contribution in [3.63, 3.8) is 0 Å². The minimum absolute atomic E-state index is 0.0961. The summed E-state index contributed by atoms with van der Waals surface area (Å²) in [5, 5.41) is 0. The molecule has 2 rings (SSSR count). The Balaban J connectivity index is 2.31. The molecule has 1 aromatic carbocycles. The maximum Gasteiger partial charge on any atom is 0.255 e. The van der Waals surface area contributed by atoms with E-state index in [1.165, 1.54) is 0 Å². The van der Waals surface area contributed by atoms with E-state index in [2.05, 4.69) is 0 Å². The van der Waals surface area contributed by atoms with E-state index in [0.717, 1.165) is 5.56 Å². The van der Waals surface area contributed by atoms with E-state index in [1.54, 1.807) is 11.0 Å². The van der Waals surface area contributed by atoms with Crippen molar-refractivity contribution in [2.24, 2.45) is 5.73 Å². The third kappa shape index (κ3) is 1.56. The van der Waals surface area contributed by atoms with Crippen LogP contribution in [-0.2, 0) is 11.3 Å². The lowest BCUT2D eigenvalue weighted by Gasteiger charge is -2.23. The molecule has 0 aromatic heterocycles. The minimum Gasteiger partial charge on any atom is -0.368 e. The number of amides is 2. The number of rotatable bonds is 3. The largest absolute Gasteiger partial charge is 0.368 e. The number of nitrogens with two attached hydrogens (primary N) is 1. The van der Waals surface area contributed by atoms with Gasteiger partial charge in [0.15, 0.2) is 0 Å². The summed E-state index contributed by atoms with van der Waals surface area (Å²) < 4.78 is 0. The quantitative estimate of drug-likeness (QED) is 0.819. The van der Waals surface area contributed by atoms with Gasteiger partial charge in [-0.1, -0.05) is 25.1 Å². The molecule has 2 N–H and O–H groups in total. The van der Waals surface area contributed by atoms with Crippen LogP contribution in [0, 0.1) is 0 Å². The fraction of sp³-hybridized carbons (Fsp3) is 0.333. The second-order valence-electron chi connectivity index (χ2n) is 3.92. The zero-order chi connectivity index (χ0) is 11.7. The summed E-state index contributed by atoms with van der Waals surface area (Å²) in [6.07, 6.45) is 0.551. The number of nitrogens with zero attached hydrogens (tertiary/aromatic N) is 1. The van der Waals surface area contributed by atoms with Crippen molar-refractivity contribution in [1.82, 2.24) is 4.90 Å². The molecule has 1 atom stereocenters. The summed E-state index contributed by atoms with van der Waals surface area (Å²) in [5.74, 6) is -0.537. The second-order valence-corrected chi connectivity index (χ2v) is 3.92. The first kappa shape index (κ1) is 10.7. The molecule has 0 radical (unpaired) electrons. The van der Waals surface area contributed by atoms with Gasteiger partial charge < -0.3 is 10.6 Å². The van der Waals surface area contributed by atoms with Crippen LogP contribution >= 0.6 is 0 Å². The zero-order valence-corrected chi connectivity index (χ0v) is 9.14. The molecule has 16 heavy (non-hydrogen) atoms. The number of fused-ring (bicyclic) bond motifs is 1. The number of carbonyl (C=O) groups is 2. The molecule has 1 heterocycles. The van der Waals surface area contributed by atoms with Crippen LogP contribution in [-0.4, -0.2) is 22.8 Å². The molecule has 1 aromatic rings. The molecule has 84 valence electrons. The zero-order valence-electron chi connectivity index (χ0n) is 9.14. The highest BCUT2D eigenvalue weighted by Crippen LogP contribution is 2.25. The Morgan fingerprint density at radius 2 is 2.19 bits per heavy atom. The van der Waals surface area contributed by atoms with Gasteiger partial charge in [0, 0.05) is 12.1 Å². The summed E-state index contributed by atoms with van der Waals surface area (Å²) in [5.41, 5.74) is 6.94. The maximum absolute atomic E-state index is 12.0. The lowest BCUT2D eigenvalue weighted by atomic mass is 10.1. The molecule has 4 nitrogen and oxygen atoms in total. The maximum atomic E-state index is 12.0. The molecule has 0 fully saturated rings. The van der Waals surface area contributed by atoms with Crippen LogP contribution in [0.3, 0.4) is 0 Å². The van der Waals surface area contributed by atoms with Crippen LogP contribution in [0.5, 0.6) is 0 Å². The van der Waals surface area contributed by atoms with Crippen LogP contribution in [0.1, 0.15) is 29.3 Å². The van der Waals surface area contributed by atoms with Gasteiger partial charge in [0.1, 0.15) is 6.04 Å². The molecule has 0 aliphatic carbocycles. The average Bonchev–Trinajstić information content (AvgIpc) is 2.58. The molecule has 0 unspecified atom stereocenters. The van der Waals surface area contributed by atoms with Gasteiger partial charge in [-0.3, -0.25) is 9.59 Å². The second kappa shape index (κ2) is 3.96. The van der Waals surface area contributed by atoms with E-state index >= 15 is 0 Å². The summed E-state index contributed by atoms with van der Waals surface area (Å²) in [6.45, 7) is 2.34. The Morgan fingerprint density at radius 1 is 1.50 bits per heavy atom. The highest BCUT2D eigenvalue weighted by Gasteiger charge is 2.33. The molecule has 0 saturated heterocycles. The number of benzene rings is 1. The predicted molar refractivity (Wildman–Crippen MR) is 59.6 cm³/mol. The van der Waals surface area contributed by atoms with Crippen LogP contribution in [0.4, 0.5) is 0 Å². The lowest BCUT2D eigenvalue weighted by Crippen LogP contribution is -2.44. The van der Waals surface area contributed by atoms with Crippen LogP contribution in [0.25, 0.3) is 0 Å². The van der Waals surface area contributed by atoms with Gasteiger partial charge in [0.25, 0.3) is 5.91 Å². The molecule has 0 spiro atoms. The van der Waals surface area contributed by atoms with Crippen molar-refractivity contribution < 1.29 is 9.59 Å². The first-order valence-electron chi connectivity index (χ1n) is 5.33. The smallest absolute Gasteiger partial charge is 0.255 e. The van der Waals surface area contributed by atoms with Crippen molar-refractivity contribution in [3.8, 4) is 0 Å². The molecule has 0 saturated carbocycles. The standard InChI is InChI=1S/C12H14N2O2/c1-2-10(11(13)15)14-7-8-5-3-4-6-9(8)12(14)16/h3-6,10H,2,7H2,1H3,(H2,13,15)/t10-/m1/s1. The summed E-state index contributed by atoms with van der Waals surface area (Å²) in [6, 6.07) is 6.90. The minimum atomic E-state index is -0.500. The van der Waals surface area contributed by atoms with Crippen molar-refractivity contribution >= 4 is 11.8 Å². The average molecular weight is 218 g/mol. The van der Waals surface area contributed by atoms with Gasteiger partial charge in [-0.15, -0.1) is 0 Å². The lowest BCUT2D eigenvalue weighted by molar-refractivity contribution is -0.122. The van der Waals surface area contributed by atoms with Crippen molar-refractivity contribution in [2.45, 2.75) is 25.9 Å². The van der Waals surface area contributed by atoms with Gasteiger partial charge in [-0.05, 0) is 18.1 Å². The van der Waals surface area contributed by atoms with Gasteiger partial charge in [0.2, 0.25) is 5.91 Å². The first-order chi connectivity index (χ1) is 7.65. The van der Waals surface area contributed by atoms with Crippen molar-refractivity contribution in [2.75, 3.05) is 0 Å². The van der Waals surface area contributed by atoms with E-state index in [9.17, 15) is 9.59 Å². The van der Waals surface area contributed by atoms with Gasteiger partial charge in [-0.2, -0.15) is 0 Å². The topological polar surface area (TPSA) is 63.4 Å². The van der Waals surface area contributed by atoms with Crippen LogP contribution in [0.15, 0.2) is 24.3 Å². The molecule has 1 aliphatic heterocycles. The van der Waals surface area contributed by atoms with E-state index in [0.29, 0.717) is 18.5 Å². The van der Waals surface area contributed by atoms with Gasteiger partial charge in [-0.25, -0.2) is 0 Å². The van der Waals surface area contributed by atoms with Gasteiger partial charge in [0.05, 0.1) is 0 Å². The van der Waals surface area contributed by atoms with Crippen molar-refractivity contribution in [1.29, 1.82) is 0 Å². The molecular formula is C12H14N2O2. The van der Waals surface area contributed by atoms with Crippen molar-refractivity contribution in [3.05, 3.63) is 35.4 Å². The SMILES string of the molecule is CC[C@H](C(N)=O)N1Cc2ccccc2C1=O. The third-order valence-corrected chi connectivity index (χ3v) is 2.94. The van der Waals surface area contributed by atoms with Crippen LogP contribution in [0.2, 0.25) is 0 Å². The van der Waals surface area contributed by atoms with E-state index in [4.69, 9.17) is 5.73 Å². The highest BCUT2D eigenvalue weighted by atomic mass is 16.2. The Labute approximate surface area is 94.0 Å². The molecular weight excluding hydrogens is 204 g/mol. The molecule has 4 heteroatoms. The summed E-state index contributed by atoms with van der Waals surface area (Å²) in [7, 11) is 0. The number of carbonyl (C=O) groups excluding carboxylic acids is 2. The third-order valence-electron chi connectivity index (χ3n) is 2.94. The summed E-state index contributed by atoms with van der Waals surface area (Å²) in [4.78, 5) is 24.8. The number of hydrogen-bond donors (Lipinski definition) is 1. The fourth-order valence-electron chi connectivity index (χ4n) is 2.10. The highest BCUT2D eigenvalue weighted by molar-refractivity contribution is 6.00. The molecule has 0 bridgehead atoms. The molecule has 2 amide bonds. The Kier molecular flexibility index (Phi) is 2.64. The normalized spacial score (nSPS) is 16.1. The summed E-state index contributed by atoms with van der Waals surface area (Å²) >= 11 is 0. The predicted octanol–water partition coefficient (Wildman–Crippen LogP) is 0.906. The van der Waals surface area contributed by atoms with Gasteiger partial charge >= 0.3 is 0 Å². The fourth-order valence-corrected chi connectivity index (χ4v) is 2.10. The Hall–Kier alpha value is -1.84. The monoisotopic (exact) mass is 218 g/mol. The number of hydrogen-bond acceptors (Lipinski definition) is 2. The Bertz CT molecular complexity index is 442. The van der Waals surface area contributed by atoms with E-state index in [-0.39, 0.29) is 5.91 Å². The van der Waals surface area contributed by atoms with E-state index < -0.39 is 11.9 Å². The molecule has 1 aliphatic rings.